The molecule has 45 heteroatoms. The molecular formula is C80H139N23O22. The zero-order valence-corrected chi connectivity index (χ0v) is 72.7. The van der Waals surface area contributed by atoms with E-state index >= 15 is 4.79 Å². The molecule has 2 aliphatic heterocycles. The fraction of sp³-hybridized carbons (Fsp3) is 0.713. The van der Waals surface area contributed by atoms with Gasteiger partial charge < -0.3 is 139 Å². The number of hydroxylamine groups is 1. The summed E-state index contributed by atoms with van der Waals surface area (Å²) in [5, 5.41) is 102. The number of carboxylic acid groups (broad SMARTS) is 2. The zero-order valence-electron chi connectivity index (χ0n) is 72.7. The van der Waals surface area contributed by atoms with Crippen LogP contribution in [0.5, 0.6) is 0 Å². The second kappa shape index (κ2) is 58.7. The third-order valence-electron chi connectivity index (χ3n) is 21.5. The van der Waals surface area contributed by atoms with Gasteiger partial charge in [0.15, 0.2) is 0 Å². The first kappa shape index (κ1) is 109. The van der Waals surface area contributed by atoms with Crippen molar-refractivity contribution in [3.05, 3.63) is 35.9 Å². The second-order valence-electron chi connectivity index (χ2n) is 32.0. The van der Waals surface area contributed by atoms with E-state index in [4.69, 9.17) is 39.0 Å². The largest absolute Gasteiger partial charge is 0.481 e. The fourth-order valence-electron chi connectivity index (χ4n) is 13.8. The molecule has 0 saturated carbocycles. The van der Waals surface area contributed by atoms with E-state index in [0.29, 0.717) is 63.6 Å². The van der Waals surface area contributed by atoms with Crippen LogP contribution in [0.4, 0.5) is 0 Å². The molecule has 33 N–H and O–H groups in total. The first-order valence-electron chi connectivity index (χ1n) is 43.1. The number of aliphatic imine (C=N–C) groups is 1. The highest BCUT2D eigenvalue weighted by molar-refractivity contribution is 6.01. The van der Waals surface area contributed by atoms with Crippen LogP contribution in [0.25, 0.3) is 0 Å². The van der Waals surface area contributed by atoms with Crippen LogP contribution in [0, 0.1) is 17.8 Å². The molecule has 14 amide bonds. The van der Waals surface area contributed by atoms with Crippen LogP contribution in [0.1, 0.15) is 182 Å². The summed E-state index contributed by atoms with van der Waals surface area (Å²) in [5.41, 5.74) is 31.3. The van der Waals surface area contributed by atoms with Gasteiger partial charge in [-0.25, -0.2) is 5.48 Å². The number of aliphatic hydroxyl groups is 3. The third-order valence-corrected chi connectivity index (χ3v) is 21.5. The predicted octanol–water partition coefficient (Wildman–Crippen LogP) is -7.61. The summed E-state index contributed by atoms with van der Waals surface area (Å²) in [6.07, 6.45) is 1.16. The normalized spacial score (nSPS) is 17.9. The minimum Gasteiger partial charge on any atom is -0.481 e. The summed E-state index contributed by atoms with van der Waals surface area (Å²) < 4.78 is 0. The van der Waals surface area contributed by atoms with Gasteiger partial charge in [-0.1, -0.05) is 84.7 Å². The Morgan fingerprint density at radius 3 is 1.28 bits per heavy atom. The zero-order chi connectivity index (χ0) is 93.4. The van der Waals surface area contributed by atoms with E-state index in [9.17, 15) is 92.3 Å². The number of nitrogens with zero attached hydrogens (tertiary/aromatic N) is 1. The van der Waals surface area contributed by atoms with Crippen LogP contribution >= 0.6 is 0 Å². The lowest BCUT2D eigenvalue weighted by atomic mass is 9.96. The molecule has 19 atom stereocenters. The standard InChI is InChI=1S/C80H139N23O22/c1-8-44(5)61(98-70(115)53(27-15-18-34-83)93-78(123)64(49-28-20-35-86-49)102-77(122)63(46(7)106)100-66(111)48(84)24-19-37-88-80(85)103-125)76(121)97-58(42-105)74(119)90-52(26-14-17-33-82)71(116)101-65(50-29-21-36-87-50)79(124)99-62(45(6)9-2)75(120)92-51(25-13-16-32-81)68(113)95-56(39-47-22-11-10-12-23-47)73(118)91-54(30-31-59(107)108)69(114)94-55(38-43(3)4)72(117)96-57(41-104)67(112)89-40-60(109)110/h10-12,22-23,43-46,48-58,61-65,86-87,104-106,125H,8-9,13-21,24-42,81-84H2,1-7H3,(H,89,112)(H,90,119)(H,91,118)(H,92,120)(H,93,123)(H,94,114)(H,95,113)(H,96,117)(H,97,121)(H,98,115)(H,99,124)(H,100,111)(H,101,116)(H,102,122)(H,107,108)(H,109,110)(H3,85,88,103). The number of carbonyl (C=O) groups excluding carboxylic acids is 14. The van der Waals surface area contributed by atoms with Crippen molar-refractivity contribution in [2.75, 3.05) is 59.0 Å². The summed E-state index contributed by atoms with van der Waals surface area (Å²) in [6, 6.07) is -14.3. The Morgan fingerprint density at radius 1 is 0.448 bits per heavy atom. The molecule has 1 aromatic rings. The highest BCUT2D eigenvalue weighted by Gasteiger charge is 2.43. The average Bonchev–Trinajstić information content (AvgIpc) is 1.82. The van der Waals surface area contributed by atoms with Crippen LogP contribution in [-0.4, -0.2) is 293 Å². The highest BCUT2D eigenvalue weighted by atomic mass is 16.5. The van der Waals surface area contributed by atoms with Crippen LogP contribution in [-0.2, 0) is 83.1 Å². The lowest BCUT2D eigenvalue weighted by Crippen LogP contribution is -2.64. The minimum absolute atomic E-state index is 0.0305. The number of amides is 14. The fourth-order valence-corrected chi connectivity index (χ4v) is 13.8. The van der Waals surface area contributed by atoms with Gasteiger partial charge in [0, 0.05) is 31.5 Å². The van der Waals surface area contributed by atoms with Gasteiger partial charge in [-0.3, -0.25) is 86.9 Å². The van der Waals surface area contributed by atoms with Crippen molar-refractivity contribution in [3.63, 3.8) is 0 Å². The van der Waals surface area contributed by atoms with E-state index in [1.54, 1.807) is 77.4 Å². The van der Waals surface area contributed by atoms with Crippen LogP contribution in [0.2, 0.25) is 0 Å². The van der Waals surface area contributed by atoms with E-state index in [2.05, 4.69) is 84.7 Å². The monoisotopic (exact) mass is 1770 g/mol. The lowest BCUT2D eigenvalue weighted by molar-refractivity contribution is -0.139. The molecule has 19 unspecified atom stereocenters. The first-order valence-corrected chi connectivity index (χ1v) is 43.1. The minimum atomic E-state index is -1.79. The summed E-state index contributed by atoms with van der Waals surface area (Å²) in [5.74, 6) is -18.0. The van der Waals surface area contributed by atoms with Crippen molar-refractivity contribution < 1.29 is 107 Å². The van der Waals surface area contributed by atoms with Gasteiger partial charge in [0.2, 0.25) is 88.7 Å². The van der Waals surface area contributed by atoms with Crippen molar-refractivity contribution in [2.24, 2.45) is 51.4 Å². The molecule has 0 radical (unpaired) electrons. The predicted molar refractivity (Wildman–Crippen MR) is 456 cm³/mol. The van der Waals surface area contributed by atoms with Crippen LogP contribution < -0.4 is 119 Å². The Hall–Kier alpha value is -10.4. The van der Waals surface area contributed by atoms with Gasteiger partial charge in [-0.15, -0.1) is 0 Å². The molecule has 706 valence electrons. The molecule has 2 saturated heterocycles. The lowest BCUT2D eigenvalue weighted by Gasteiger charge is -2.32. The van der Waals surface area contributed by atoms with Crippen molar-refractivity contribution in [2.45, 2.75) is 286 Å². The summed E-state index contributed by atoms with van der Waals surface area (Å²) in [7, 11) is 0. The molecular weight excluding hydrogens is 1640 g/mol. The Bertz CT molecular complexity index is 3650. The van der Waals surface area contributed by atoms with Gasteiger partial charge in [-0.05, 0) is 172 Å². The third kappa shape index (κ3) is 39.4. The Balaban J connectivity index is 1.96. The van der Waals surface area contributed by atoms with Crippen LogP contribution in [0.3, 0.4) is 0 Å². The van der Waals surface area contributed by atoms with Gasteiger partial charge in [0.05, 0.1) is 25.4 Å². The summed E-state index contributed by atoms with van der Waals surface area (Å²) >= 11 is 0. The smallest absolute Gasteiger partial charge is 0.322 e. The molecule has 2 fully saturated rings. The number of unbranched alkanes of at least 4 members (excludes halogenated alkanes) is 3. The SMILES string of the molecule is CCC(C)C(NC(=O)C(CCCCN)NC(=O)C(NC(=O)C(NC(=O)C(N)CCCN=C(N)NO)C(C)O)C1CCCN1)C(=O)NC(CO)C(=O)NC(CCCCN)C(=O)NC(C(=O)NC(C(=O)NC(CCCCN)C(=O)NC(Cc1ccccc1)C(=O)NC(CCC(=O)O)C(=O)NC(CC(C)C)C(=O)NC(CO)C(=O)NCC(=O)O)C(C)CC)C1CCCN1. The van der Waals surface area contributed by atoms with E-state index in [0.717, 1.165) is 0 Å². The summed E-state index contributed by atoms with van der Waals surface area (Å²) in [4.78, 5) is 227. The number of nitrogens with one attached hydrogen (secondary N) is 17. The van der Waals surface area contributed by atoms with E-state index in [1.807, 2.05) is 5.32 Å². The maximum absolute atomic E-state index is 15.0. The number of carboxylic acids is 2. The maximum Gasteiger partial charge on any atom is 0.322 e. The number of hydrogen-bond acceptors (Lipinski definition) is 27. The van der Waals surface area contributed by atoms with E-state index < -0.39 is 242 Å². The van der Waals surface area contributed by atoms with Gasteiger partial charge in [0.25, 0.3) is 0 Å². The molecule has 0 spiro atoms. The maximum atomic E-state index is 15.0. The van der Waals surface area contributed by atoms with Gasteiger partial charge >= 0.3 is 11.9 Å². The molecule has 0 aromatic heterocycles. The molecule has 1 aromatic carbocycles. The van der Waals surface area contributed by atoms with Gasteiger partial charge in [-0.2, -0.15) is 0 Å². The Morgan fingerprint density at radius 2 is 0.832 bits per heavy atom. The number of carbonyl (C=O) groups is 16. The second-order valence-corrected chi connectivity index (χ2v) is 32.0. The van der Waals surface area contributed by atoms with Crippen molar-refractivity contribution in [3.8, 4) is 0 Å². The molecule has 3 rings (SSSR count). The molecule has 2 aliphatic rings. The Labute approximate surface area is 728 Å². The van der Waals surface area contributed by atoms with Crippen molar-refractivity contribution >= 4 is 101 Å². The van der Waals surface area contributed by atoms with E-state index in [1.165, 1.54) is 6.92 Å². The number of benzene rings is 1. The number of nitrogens with two attached hydrogens (primary N) is 5. The number of guanidine groups is 1. The molecule has 45 nitrogen and oxygen atoms in total. The number of hydrogen-bond donors (Lipinski definition) is 28. The highest BCUT2D eigenvalue weighted by Crippen LogP contribution is 2.19. The molecule has 0 aliphatic carbocycles. The van der Waals surface area contributed by atoms with Crippen molar-refractivity contribution in [1.29, 1.82) is 0 Å². The number of aliphatic carboxylic acids is 2. The van der Waals surface area contributed by atoms with Gasteiger partial charge in [0.1, 0.15) is 85.1 Å². The topological polar surface area (TPSA) is 741 Å². The number of rotatable bonds is 61. The molecule has 125 heavy (non-hydrogen) atoms. The molecule has 2 heterocycles. The van der Waals surface area contributed by atoms with Crippen molar-refractivity contribution in [1.82, 2.24) is 90.5 Å². The Kier molecular flexibility index (Phi) is 51.1. The quantitative estimate of drug-likeness (QED) is 0.0125. The first-order chi connectivity index (χ1) is 59.4. The number of aliphatic hydroxyl groups excluding tert-OH is 3. The average molecular weight is 1780 g/mol. The van der Waals surface area contributed by atoms with Crippen LogP contribution in [0.15, 0.2) is 35.3 Å². The van der Waals surface area contributed by atoms with E-state index in [-0.39, 0.29) is 115 Å². The molecule has 0 bridgehead atoms. The summed E-state index contributed by atoms with van der Waals surface area (Å²) in [6.45, 7) is 9.92.